The average molecular weight is 265 g/mol. The zero-order valence-electron chi connectivity index (χ0n) is 12.1. The Labute approximate surface area is 114 Å². The maximum atomic E-state index is 11.3. The second-order valence-electron chi connectivity index (χ2n) is 6.01. The highest BCUT2D eigenvalue weighted by molar-refractivity contribution is 5.74. The normalized spacial score (nSPS) is 26.5. The summed E-state index contributed by atoms with van der Waals surface area (Å²) in [5, 5.41) is 12.5. The minimum atomic E-state index is -0.802. The number of carboxylic acids is 1. The van der Waals surface area contributed by atoms with Crippen LogP contribution in [-0.4, -0.2) is 26.7 Å². The minimum absolute atomic E-state index is 0.317. The molecule has 1 aromatic heterocycles. The standard InChI is InChI=1S/C14H23N3O2/c1-5-14(4)12-10(6-11(16-14)13(18)19)15-8-17(12)7-9(2)3/h8-9,11,16H,5-7H2,1-4H3,(H,18,19). The quantitative estimate of drug-likeness (QED) is 0.870. The summed E-state index contributed by atoms with van der Waals surface area (Å²) in [5.74, 6) is -0.264. The van der Waals surface area contributed by atoms with Gasteiger partial charge in [0.05, 0.1) is 23.3 Å². The summed E-state index contributed by atoms with van der Waals surface area (Å²) in [6, 6.07) is -0.542. The molecule has 2 rings (SSSR count). The van der Waals surface area contributed by atoms with E-state index in [-0.39, 0.29) is 5.54 Å². The Balaban J connectivity index is 2.43. The van der Waals surface area contributed by atoms with Gasteiger partial charge in [-0.2, -0.15) is 0 Å². The maximum absolute atomic E-state index is 11.3. The van der Waals surface area contributed by atoms with Crippen LogP contribution in [0.25, 0.3) is 0 Å². The number of carboxylic acid groups (broad SMARTS) is 1. The van der Waals surface area contributed by atoms with E-state index < -0.39 is 12.0 Å². The van der Waals surface area contributed by atoms with E-state index >= 15 is 0 Å². The first-order valence-corrected chi connectivity index (χ1v) is 6.92. The van der Waals surface area contributed by atoms with Crippen molar-refractivity contribution in [3.05, 3.63) is 17.7 Å². The van der Waals surface area contributed by atoms with Crippen molar-refractivity contribution in [3.8, 4) is 0 Å². The van der Waals surface area contributed by atoms with Crippen LogP contribution in [0.15, 0.2) is 6.33 Å². The van der Waals surface area contributed by atoms with Gasteiger partial charge in [0.1, 0.15) is 6.04 Å². The van der Waals surface area contributed by atoms with E-state index in [0.29, 0.717) is 12.3 Å². The minimum Gasteiger partial charge on any atom is -0.480 e. The van der Waals surface area contributed by atoms with Crippen LogP contribution in [-0.2, 0) is 23.3 Å². The fraction of sp³-hybridized carbons (Fsp3) is 0.714. The topological polar surface area (TPSA) is 67.2 Å². The Morgan fingerprint density at radius 1 is 1.68 bits per heavy atom. The molecule has 2 N–H and O–H groups in total. The molecular weight excluding hydrogens is 242 g/mol. The van der Waals surface area contributed by atoms with E-state index in [4.69, 9.17) is 0 Å². The Hall–Kier alpha value is -1.36. The van der Waals surface area contributed by atoms with Gasteiger partial charge in [0, 0.05) is 13.0 Å². The lowest BCUT2D eigenvalue weighted by Crippen LogP contribution is -2.54. The van der Waals surface area contributed by atoms with Crippen LogP contribution < -0.4 is 5.32 Å². The number of nitrogens with zero attached hydrogens (tertiary/aromatic N) is 2. The number of aliphatic carboxylic acids is 1. The van der Waals surface area contributed by atoms with Gasteiger partial charge in [0.25, 0.3) is 0 Å². The van der Waals surface area contributed by atoms with Gasteiger partial charge in [0.2, 0.25) is 0 Å². The first kappa shape index (κ1) is 14.1. The molecule has 1 aromatic rings. The molecule has 0 saturated heterocycles. The van der Waals surface area contributed by atoms with Crippen LogP contribution >= 0.6 is 0 Å². The Kier molecular flexibility index (Phi) is 3.67. The summed E-state index contributed by atoms with van der Waals surface area (Å²) in [7, 11) is 0. The summed E-state index contributed by atoms with van der Waals surface area (Å²) in [6.07, 6.45) is 3.16. The van der Waals surface area contributed by atoms with Crippen molar-refractivity contribution < 1.29 is 9.90 Å². The Bertz CT molecular complexity index is 481. The second kappa shape index (κ2) is 4.96. The fourth-order valence-electron chi connectivity index (χ4n) is 2.86. The molecule has 2 atom stereocenters. The van der Waals surface area contributed by atoms with Crippen LogP contribution in [0.3, 0.4) is 0 Å². The number of hydrogen-bond acceptors (Lipinski definition) is 3. The predicted octanol–water partition coefficient (Wildman–Crippen LogP) is 1.76. The summed E-state index contributed by atoms with van der Waals surface area (Å²) in [5.41, 5.74) is 1.76. The van der Waals surface area contributed by atoms with Gasteiger partial charge in [-0.15, -0.1) is 0 Å². The molecule has 0 saturated carbocycles. The van der Waals surface area contributed by atoms with Gasteiger partial charge in [-0.3, -0.25) is 10.1 Å². The highest BCUT2D eigenvalue weighted by atomic mass is 16.4. The van der Waals surface area contributed by atoms with Crippen LogP contribution in [0.4, 0.5) is 0 Å². The summed E-state index contributed by atoms with van der Waals surface area (Å²) < 4.78 is 2.18. The molecule has 0 spiro atoms. The van der Waals surface area contributed by atoms with Gasteiger partial charge < -0.3 is 9.67 Å². The lowest BCUT2D eigenvalue weighted by Gasteiger charge is -2.38. The molecule has 0 amide bonds. The molecule has 106 valence electrons. The number of aromatic nitrogens is 2. The number of imidazole rings is 1. The summed E-state index contributed by atoms with van der Waals surface area (Å²) >= 11 is 0. The molecule has 0 fully saturated rings. The van der Waals surface area contributed by atoms with E-state index in [1.54, 1.807) is 0 Å². The Morgan fingerprint density at radius 3 is 2.89 bits per heavy atom. The predicted molar refractivity (Wildman–Crippen MR) is 73.0 cm³/mol. The monoisotopic (exact) mass is 265 g/mol. The van der Waals surface area contributed by atoms with Crippen molar-refractivity contribution >= 4 is 5.97 Å². The van der Waals surface area contributed by atoms with Crippen molar-refractivity contribution in [3.63, 3.8) is 0 Å². The van der Waals surface area contributed by atoms with Crippen LogP contribution in [0.5, 0.6) is 0 Å². The molecule has 0 aromatic carbocycles. The van der Waals surface area contributed by atoms with E-state index in [1.165, 1.54) is 0 Å². The maximum Gasteiger partial charge on any atom is 0.321 e. The molecule has 2 heterocycles. The number of carbonyl (C=O) groups is 1. The van der Waals surface area contributed by atoms with Gasteiger partial charge in [0.15, 0.2) is 0 Å². The first-order valence-electron chi connectivity index (χ1n) is 6.92. The number of nitrogens with one attached hydrogen (secondary N) is 1. The van der Waals surface area contributed by atoms with Gasteiger partial charge in [-0.05, 0) is 19.3 Å². The SMILES string of the molecule is CCC1(C)NC(C(=O)O)Cc2ncn(CC(C)C)c21. The second-order valence-corrected chi connectivity index (χ2v) is 6.01. The molecule has 1 aliphatic rings. The third-order valence-corrected chi connectivity index (χ3v) is 3.89. The van der Waals surface area contributed by atoms with E-state index in [0.717, 1.165) is 24.4 Å². The molecule has 19 heavy (non-hydrogen) atoms. The molecule has 0 aliphatic carbocycles. The summed E-state index contributed by atoms with van der Waals surface area (Å²) in [6.45, 7) is 9.41. The molecule has 2 unspecified atom stereocenters. The van der Waals surface area contributed by atoms with Crippen LogP contribution in [0.2, 0.25) is 0 Å². The van der Waals surface area contributed by atoms with Crippen molar-refractivity contribution in [2.45, 2.75) is 58.7 Å². The number of rotatable bonds is 4. The zero-order valence-corrected chi connectivity index (χ0v) is 12.1. The first-order chi connectivity index (χ1) is 8.87. The van der Waals surface area contributed by atoms with Crippen molar-refractivity contribution in [2.75, 3.05) is 0 Å². The molecule has 1 aliphatic heterocycles. The molecular formula is C14H23N3O2. The third-order valence-electron chi connectivity index (χ3n) is 3.89. The average Bonchev–Trinajstić information content (AvgIpc) is 2.72. The molecule has 5 heteroatoms. The van der Waals surface area contributed by atoms with E-state index in [2.05, 4.69) is 42.6 Å². The van der Waals surface area contributed by atoms with Crippen molar-refractivity contribution in [1.82, 2.24) is 14.9 Å². The lowest BCUT2D eigenvalue weighted by atomic mass is 9.85. The fourth-order valence-corrected chi connectivity index (χ4v) is 2.86. The van der Waals surface area contributed by atoms with E-state index in [1.807, 2.05) is 6.33 Å². The molecule has 0 bridgehead atoms. The molecule has 5 nitrogen and oxygen atoms in total. The van der Waals surface area contributed by atoms with Gasteiger partial charge >= 0.3 is 5.97 Å². The number of fused-ring (bicyclic) bond motifs is 1. The highest BCUT2D eigenvalue weighted by Crippen LogP contribution is 2.33. The van der Waals surface area contributed by atoms with Gasteiger partial charge in [-0.1, -0.05) is 20.8 Å². The van der Waals surface area contributed by atoms with Crippen LogP contribution in [0.1, 0.15) is 45.5 Å². The Morgan fingerprint density at radius 2 is 2.37 bits per heavy atom. The largest absolute Gasteiger partial charge is 0.480 e. The van der Waals surface area contributed by atoms with Gasteiger partial charge in [-0.25, -0.2) is 4.98 Å². The van der Waals surface area contributed by atoms with Crippen molar-refractivity contribution in [1.29, 1.82) is 0 Å². The summed E-state index contributed by atoms with van der Waals surface area (Å²) in [4.78, 5) is 15.7. The smallest absolute Gasteiger partial charge is 0.321 e. The van der Waals surface area contributed by atoms with E-state index in [9.17, 15) is 9.90 Å². The highest BCUT2D eigenvalue weighted by Gasteiger charge is 2.40. The third kappa shape index (κ3) is 2.52. The lowest BCUT2D eigenvalue weighted by molar-refractivity contribution is -0.140. The van der Waals surface area contributed by atoms with Crippen LogP contribution in [0, 0.1) is 5.92 Å². The zero-order chi connectivity index (χ0) is 14.2. The molecule has 0 radical (unpaired) electrons. The number of hydrogen-bond donors (Lipinski definition) is 2. The van der Waals surface area contributed by atoms with Crippen molar-refractivity contribution in [2.24, 2.45) is 5.92 Å².